The van der Waals surface area contributed by atoms with Gasteiger partial charge in [-0.25, -0.2) is 9.78 Å². The minimum atomic E-state index is -0.388. The second-order valence-corrected chi connectivity index (χ2v) is 5.46. The van der Waals surface area contributed by atoms with Crippen LogP contribution in [-0.2, 0) is 0 Å². The lowest BCUT2D eigenvalue weighted by Crippen LogP contribution is -2.01. The molecule has 0 radical (unpaired) electrons. The molecule has 0 bridgehead atoms. The summed E-state index contributed by atoms with van der Waals surface area (Å²) in [5.74, 6) is 0.506. The van der Waals surface area contributed by atoms with E-state index in [1.165, 1.54) is 0 Å². The molecule has 0 atom stereocenters. The van der Waals surface area contributed by atoms with Gasteiger partial charge in [0.2, 0.25) is 0 Å². The van der Waals surface area contributed by atoms with Crippen LogP contribution < -0.4 is 5.63 Å². The van der Waals surface area contributed by atoms with Gasteiger partial charge in [0.25, 0.3) is 0 Å². The monoisotopic (exact) mass is 307 g/mol. The van der Waals surface area contributed by atoms with Gasteiger partial charge in [-0.3, -0.25) is 0 Å². The van der Waals surface area contributed by atoms with Crippen LogP contribution in [0.2, 0.25) is 5.02 Å². The molecule has 0 spiro atoms. The zero-order valence-corrected chi connectivity index (χ0v) is 12.2. The van der Waals surface area contributed by atoms with Gasteiger partial charge in [-0.1, -0.05) is 48.0 Å². The van der Waals surface area contributed by atoms with Crippen LogP contribution in [0.5, 0.6) is 0 Å². The molecule has 0 saturated heterocycles. The summed E-state index contributed by atoms with van der Waals surface area (Å²) in [6, 6.07) is 18.5. The van der Waals surface area contributed by atoms with E-state index in [9.17, 15) is 4.79 Å². The zero-order chi connectivity index (χ0) is 15.1. The predicted octanol–water partition coefficient (Wildman–Crippen LogP) is 4.66. The Morgan fingerprint density at radius 3 is 2.55 bits per heavy atom. The number of hydrogen-bond donors (Lipinski definition) is 0. The lowest BCUT2D eigenvalue weighted by Gasteiger charge is -2.04. The number of pyridine rings is 1. The molecular formula is C18H10ClNO2. The maximum Gasteiger partial charge on any atom is 0.345 e. The fraction of sp³-hybridized carbons (Fsp3) is 0. The van der Waals surface area contributed by atoms with Crippen molar-refractivity contribution in [2.75, 3.05) is 0 Å². The third kappa shape index (κ3) is 2.16. The summed E-state index contributed by atoms with van der Waals surface area (Å²) in [5, 5.41) is 1.94. The summed E-state index contributed by atoms with van der Waals surface area (Å²) in [6.07, 6.45) is 0. The number of rotatable bonds is 1. The van der Waals surface area contributed by atoms with E-state index in [-0.39, 0.29) is 5.63 Å². The van der Waals surface area contributed by atoms with Gasteiger partial charge in [-0.15, -0.1) is 0 Å². The van der Waals surface area contributed by atoms with E-state index >= 15 is 0 Å². The topological polar surface area (TPSA) is 43.1 Å². The molecule has 0 fully saturated rings. The van der Waals surface area contributed by atoms with Gasteiger partial charge in [0.15, 0.2) is 0 Å². The summed E-state index contributed by atoms with van der Waals surface area (Å²) >= 11 is 6.01. The van der Waals surface area contributed by atoms with Gasteiger partial charge in [0.05, 0.1) is 16.4 Å². The molecular weight excluding hydrogens is 298 g/mol. The van der Waals surface area contributed by atoms with Crippen molar-refractivity contribution < 1.29 is 4.42 Å². The van der Waals surface area contributed by atoms with E-state index in [1.807, 2.05) is 36.4 Å². The molecule has 4 aromatic rings. The number of aromatic nitrogens is 1. The number of fused-ring (bicyclic) bond motifs is 2. The number of benzene rings is 2. The summed E-state index contributed by atoms with van der Waals surface area (Å²) in [7, 11) is 0. The van der Waals surface area contributed by atoms with Crippen LogP contribution >= 0.6 is 11.6 Å². The maximum atomic E-state index is 12.3. The molecule has 3 nitrogen and oxygen atoms in total. The highest BCUT2D eigenvalue weighted by molar-refractivity contribution is 6.31. The second-order valence-electron chi connectivity index (χ2n) is 5.02. The number of halogens is 1. The van der Waals surface area contributed by atoms with Gasteiger partial charge in [0.1, 0.15) is 5.76 Å². The van der Waals surface area contributed by atoms with Crippen LogP contribution in [-0.4, -0.2) is 4.98 Å². The molecule has 0 aliphatic rings. The standard InChI is InChI=1S/C18H10ClNO2/c19-13-7-6-12-8-14-16(20-15(12)9-13)10-17(22-18(14)21)11-4-2-1-3-5-11/h1-10H. The van der Waals surface area contributed by atoms with Gasteiger partial charge in [-0.2, -0.15) is 0 Å². The van der Waals surface area contributed by atoms with E-state index in [4.69, 9.17) is 16.0 Å². The quantitative estimate of drug-likeness (QED) is 0.480. The van der Waals surface area contributed by atoms with E-state index in [1.54, 1.807) is 24.3 Å². The largest absolute Gasteiger partial charge is 0.422 e. The van der Waals surface area contributed by atoms with Crippen LogP contribution in [0.4, 0.5) is 0 Å². The normalized spacial score (nSPS) is 11.1. The van der Waals surface area contributed by atoms with Gasteiger partial charge >= 0.3 is 5.63 Å². The van der Waals surface area contributed by atoms with Crippen molar-refractivity contribution in [1.82, 2.24) is 4.98 Å². The SMILES string of the molecule is O=c1oc(-c2ccccc2)cc2nc3cc(Cl)ccc3cc12. The molecule has 0 saturated carbocycles. The summed E-state index contributed by atoms with van der Waals surface area (Å²) in [6.45, 7) is 0. The minimum Gasteiger partial charge on any atom is -0.422 e. The molecule has 2 heterocycles. The number of nitrogens with zero attached hydrogens (tertiary/aromatic N) is 1. The Kier molecular flexibility index (Phi) is 2.94. The molecule has 4 rings (SSSR count). The lowest BCUT2D eigenvalue weighted by atomic mass is 10.1. The van der Waals surface area contributed by atoms with E-state index in [2.05, 4.69) is 4.98 Å². The molecule has 0 aliphatic carbocycles. The Morgan fingerprint density at radius 2 is 1.73 bits per heavy atom. The minimum absolute atomic E-state index is 0.388. The van der Waals surface area contributed by atoms with Crippen LogP contribution in [0.25, 0.3) is 33.1 Å². The van der Waals surface area contributed by atoms with Crippen molar-refractivity contribution in [3.05, 3.63) is 76.1 Å². The highest BCUT2D eigenvalue weighted by Gasteiger charge is 2.09. The van der Waals surface area contributed by atoms with Crippen LogP contribution in [0.15, 0.2) is 69.9 Å². The smallest absolute Gasteiger partial charge is 0.345 e. The first-order valence-corrected chi connectivity index (χ1v) is 7.18. The number of hydrogen-bond acceptors (Lipinski definition) is 3. The van der Waals surface area contributed by atoms with E-state index in [0.29, 0.717) is 21.7 Å². The molecule has 0 N–H and O–H groups in total. The third-order valence-corrected chi connectivity index (χ3v) is 3.79. The van der Waals surface area contributed by atoms with Crippen LogP contribution in [0.3, 0.4) is 0 Å². The highest BCUT2D eigenvalue weighted by atomic mass is 35.5. The van der Waals surface area contributed by atoms with Gasteiger partial charge in [-0.05, 0) is 18.2 Å². The second kappa shape index (κ2) is 4.97. The lowest BCUT2D eigenvalue weighted by molar-refractivity contribution is 0.534. The average Bonchev–Trinajstić information content (AvgIpc) is 2.54. The average molecular weight is 308 g/mol. The predicted molar refractivity (Wildman–Crippen MR) is 88.2 cm³/mol. The molecule has 2 aromatic carbocycles. The Balaban J connectivity index is 2.04. The summed E-state index contributed by atoms with van der Waals surface area (Å²) in [4.78, 5) is 16.8. The molecule has 106 valence electrons. The molecule has 0 aliphatic heterocycles. The molecule has 2 aromatic heterocycles. The zero-order valence-electron chi connectivity index (χ0n) is 11.4. The Hall–Kier alpha value is -2.65. The summed E-state index contributed by atoms with van der Waals surface area (Å²) in [5.41, 5.74) is 1.81. The fourth-order valence-electron chi connectivity index (χ4n) is 2.48. The fourth-order valence-corrected chi connectivity index (χ4v) is 2.65. The Bertz CT molecular complexity index is 1060. The van der Waals surface area contributed by atoms with Crippen molar-refractivity contribution in [3.8, 4) is 11.3 Å². The maximum absolute atomic E-state index is 12.3. The first-order chi connectivity index (χ1) is 10.7. The third-order valence-electron chi connectivity index (χ3n) is 3.56. The van der Waals surface area contributed by atoms with Crippen LogP contribution in [0, 0.1) is 0 Å². The van der Waals surface area contributed by atoms with Crippen molar-refractivity contribution in [2.24, 2.45) is 0 Å². The first kappa shape index (κ1) is 13.0. The molecule has 22 heavy (non-hydrogen) atoms. The van der Waals surface area contributed by atoms with Gasteiger partial charge < -0.3 is 4.42 Å². The van der Waals surface area contributed by atoms with E-state index < -0.39 is 0 Å². The van der Waals surface area contributed by atoms with Crippen molar-refractivity contribution in [2.45, 2.75) is 0 Å². The van der Waals surface area contributed by atoms with Crippen molar-refractivity contribution >= 4 is 33.4 Å². The molecule has 0 unspecified atom stereocenters. The molecule has 0 amide bonds. The Labute approximate surface area is 130 Å². The first-order valence-electron chi connectivity index (χ1n) is 6.80. The van der Waals surface area contributed by atoms with Gasteiger partial charge in [0, 0.05) is 22.0 Å². The van der Waals surface area contributed by atoms with E-state index in [0.717, 1.165) is 16.5 Å². The molecule has 4 heteroatoms. The summed E-state index contributed by atoms with van der Waals surface area (Å²) < 4.78 is 5.43. The van der Waals surface area contributed by atoms with Crippen molar-refractivity contribution in [3.63, 3.8) is 0 Å². The Morgan fingerprint density at radius 1 is 0.909 bits per heavy atom. The highest BCUT2D eigenvalue weighted by Crippen LogP contribution is 2.24. The van der Waals surface area contributed by atoms with Crippen molar-refractivity contribution in [1.29, 1.82) is 0 Å². The van der Waals surface area contributed by atoms with Crippen LogP contribution in [0.1, 0.15) is 0 Å².